The van der Waals surface area contributed by atoms with Gasteiger partial charge in [0.2, 0.25) is 0 Å². The van der Waals surface area contributed by atoms with Gasteiger partial charge >= 0.3 is 0 Å². The van der Waals surface area contributed by atoms with E-state index < -0.39 is 11.9 Å². The normalized spacial score (nSPS) is 11.8. The monoisotopic (exact) mass is 415 g/mol. The van der Waals surface area contributed by atoms with Crippen molar-refractivity contribution < 1.29 is 13.9 Å². The lowest BCUT2D eigenvalue weighted by Gasteiger charge is -2.17. The Balaban J connectivity index is 1.73. The highest BCUT2D eigenvalue weighted by Crippen LogP contribution is 2.24. The van der Waals surface area contributed by atoms with Crippen molar-refractivity contribution in [2.45, 2.75) is 25.2 Å². The smallest absolute Gasteiger partial charge is 0.261 e. The van der Waals surface area contributed by atoms with Gasteiger partial charge in [0.05, 0.1) is 10.0 Å². The number of hydrogen-bond donors (Lipinski definition) is 1. The number of amides is 1. The quantitative estimate of drug-likeness (QED) is 0.561. The first-order valence-electron chi connectivity index (χ1n) is 8.21. The van der Waals surface area contributed by atoms with Crippen LogP contribution in [0.25, 0.3) is 0 Å². The highest BCUT2D eigenvalue weighted by molar-refractivity contribution is 7.98. The number of para-hydroxylation sites is 1. The van der Waals surface area contributed by atoms with Crippen LogP contribution >= 0.6 is 35.0 Å². The van der Waals surface area contributed by atoms with E-state index in [0.717, 1.165) is 17.1 Å². The van der Waals surface area contributed by atoms with Gasteiger partial charge in [-0.25, -0.2) is 4.39 Å². The molecule has 140 valence electrons. The van der Waals surface area contributed by atoms with Crippen LogP contribution in [0, 0.1) is 5.82 Å². The maximum absolute atomic E-state index is 13.6. The van der Waals surface area contributed by atoms with Crippen LogP contribution in [-0.4, -0.2) is 24.3 Å². The Hall–Kier alpha value is -1.43. The largest absolute Gasteiger partial charge is 0.478 e. The van der Waals surface area contributed by atoms with Gasteiger partial charge in [0.25, 0.3) is 5.91 Å². The summed E-state index contributed by atoms with van der Waals surface area (Å²) < 4.78 is 19.1. The lowest BCUT2D eigenvalue weighted by Crippen LogP contribution is -2.39. The van der Waals surface area contributed by atoms with Crippen molar-refractivity contribution in [1.82, 2.24) is 5.32 Å². The summed E-state index contributed by atoms with van der Waals surface area (Å²) >= 11 is 13.5. The lowest BCUT2D eigenvalue weighted by atomic mass is 10.2. The number of benzene rings is 2. The maximum Gasteiger partial charge on any atom is 0.261 e. The Morgan fingerprint density at radius 3 is 2.69 bits per heavy atom. The van der Waals surface area contributed by atoms with Crippen LogP contribution in [0.3, 0.4) is 0 Å². The minimum atomic E-state index is -0.716. The Kier molecular flexibility index (Phi) is 8.55. The fourth-order valence-electron chi connectivity index (χ4n) is 2.20. The van der Waals surface area contributed by atoms with Crippen LogP contribution < -0.4 is 10.1 Å². The molecule has 1 N–H and O–H groups in total. The van der Waals surface area contributed by atoms with Crippen molar-refractivity contribution in [2.75, 3.05) is 12.3 Å². The lowest BCUT2D eigenvalue weighted by molar-refractivity contribution is -0.128. The van der Waals surface area contributed by atoms with E-state index >= 15 is 0 Å². The number of ether oxygens (including phenoxy) is 1. The van der Waals surface area contributed by atoms with Crippen LogP contribution in [0.4, 0.5) is 4.39 Å². The van der Waals surface area contributed by atoms with Crippen molar-refractivity contribution >= 4 is 40.9 Å². The minimum Gasteiger partial charge on any atom is -0.478 e. The standard InChI is InChI=1S/C19H20Cl2FNO2S/c1-2-17(25-18-6-4-3-5-16(18)22)19(24)23-9-10-26-12-13-7-8-14(20)15(21)11-13/h3-8,11,17H,2,9-10,12H2,1H3,(H,23,24)/t17-/m1/s1. The second-order valence-electron chi connectivity index (χ2n) is 5.54. The SMILES string of the molecule is CC[C@@H](Oc1ccccc1F)C(=O)NCCSCc1ccc(Cl)c(Cl)c1. The summed E-state index contributed by atoms with van der Waals surface area (Å²) in [6.45, 7) is 2.33. The third-order valence-electron chi connectivity index (χ3n) is 3.57. The number of nitrogens with one attached hydrogen (secondary N) is 1. The third kappa shape index (κ3) is 6.38. The summed E-state index contributed by atoms with van der Waals surface area (Å²) in [7, 11) is 0. The summed E-state index contributed by atoms with van der Waals surface area (Å²) in [6.07, 6.45) is -0.261. The predicted molar refractivity (Wildman–Crippen MR) is 107 cm³/mol. The predicted octanol–water partition coefficient (Wildman–Crippen LogP) is 5.34. The zero-order chi connectivity index (χ0) is 18.9. The van der Waals surface area contributed by atoms with Gasteiger partial charge in [-0.2, -0.15) is 11.8 Å². The molecule has 0 saturated heterocycles. The van der Waals surface area contributed by atoms with Crippen molar-refractivity contribution in [3.05, 3.63) is 63.9 Å². The Morgan fingerprint density at radius 2 is 2.00 bits per heavy atom. The first-order valence-corrected chi connectivity index (χ1v) is 10.1. The molecule has 26 heavy (non-hydrogen) atoms. The summed E-state index contributed by atoms with van der Waals surface area (Å²) in [5, 5.41) is 3.90. The molecular weight excluding hydrogens is 396 g/mol. The van der Waals surface area contributed by atoms with Gasteiger partial charge in [-0.1, -0.05) is 48.3 Å². The fourth-order valence-corrected chi connectivity index (χ4v) is 3.32. The molecule has 0 aliphatic heterocycles. The molecular formula is C19H20Cl2FNO2S. The highest BCUT2D eigenvalue weighted by atomic mass is 35.5. The fraction of sp³-hybridized carbons (Fsp3) is 0.316. The van der Waals surface area contributed by atoms with Crippen LogP contribution in [0.5, 0.6) is 5.75 Å². The number of carbonyl (C=O) groups excluding carboxylic acids is 1. The summed E-state index contributed by atoms with van der Waals surface area (Å²) in [5.74, 6) is 0.878. The van der Waals surface area contributed by atoms with Crippen molar-refractivity contribution in [3.8, 4) is 5.75 Å². The van der Waals surface area contributed by atoms with Gasteiger partial charge < -0.3 is 10.1 Å². The number of thioether (sulfide) groups is 1. The number of rotatable bonds is 9. The minimum absolute atomic E-state index is 0.0866. The highest BCUT2D eigenvalue weighted by Gasteiger charge is 2.19. The van der Waals surface area contributed by atoms with E-state index in [1.54, 1.807) is 30.0 Å². The summed E-state index contributed by atoms with van der Waals surface area (Å²) in [6, 6.07) is 11.6. The van der Waals surface area contributed by atoms with E-state index in [4.69, 9.17) is 27.9 Å². The Bertz CT molecular complexity index is 745. The molecule has 0 aliphatic carbocycles. The van der Waals surface area contributed by atoms with Gasteiger partial charge in [-0.3, -0.25) is 4.79 Å². The van der Waals surface area contributed by atoms with Gasteiger partial charge in [0, 0.05) is 18.1 Å². The van der Waals surface area contributed by atoms with E-state index in [2.05, 4.69) is 5.32 Å². The molecule has 2 aromatic carbocycles. The first-order chi connectivity index (χ1) is 12.5. The van der Waals surface area contributed by atoms with Gasteiger partial charge in [-0.05, 0) is 36.2 Å². The molecule has 0 saturated carbocycles. The average molecular weight is 416 g/mol. The topological polar surface area (TPSA) is 38.3 Å². The first kappa shape index (κ1) is 20.9. The second-order valence-corrected chi connectivity index (χ2v) is 7.46. The third-order valence-corrected chi connectivity index (χ3v) is 5.34. The average Bonchev–Trinajstić information content (AvgIpc) is 2.63. The number of hydrogen-bond acceptors (Lipinski definition) is 3. The molecule has 0 spiro atoms. The molecule has 1 amide bonds. The Morgan fingerprint density at radius 1 is 1.23 bits per heavy atom. The molecule has 0 radical (unpaired) electrons. The van der Waals surface area contributed by atoms with Gasteiger partial charge in [-0.15, -0.1) is 0 Å². The molecule has 3 nitrogen and oxygen atoms in total. The molecule has 2 aromatic rings. The van der Waals surface area contributed by atoms with Crippen LogP contribution in [0.15, 0.2) is 42.5 Å². The second kappa shape index (κ2) is 10.7. The number of carbonyl (C=O) groups is 1. The van der Waals surface area contributed by atoms with Crippen LogP contribution in [-0.2, 0) is 10.5 Å². The molecule has 0 bridgehead atoms. The van der Waals surface area contributed by atoms with Crippen molar-refractivity contribution in [2.24, 2.45) is 0 Å². The van der Waals surface area contributed by atoms with Gasteiger partial charge in [0.15, 0.2) is 17.7 Å². The number of halogens is 3. The molecule has 0 unspecified atom stereocenters. The zero-order valence-corrected chi connectivity index (χ0v) is 16.6. The van der Waals surface area contributed by atoms with Crippen LogP contribution in [0.2, 0.25) is 10.0 Å². The van der Waals surface area contributed by atoms with Crippen molar-refractivity contribution in [3.63, 3.8) is 0 Å². The zero-order valence-electron chi connectivity index (χ0n) is 14.3. The van der Waals surface area contributed by atoms with Crippen molar-refractivity contribution in [1.29, 1.82) is 0 Å². The molecule has 1 atom stereocenters. The molecule has 0 aromatic heterocycles. The van der Waals surface area contributed by atoms with E-state index in [-0.39, 0.29) is 11.7 Å². The molecule has 0 heterocycles. The summed E-state index contributed by atoms with van der Waals surface area (Å²) in [5.41, 5.74) is 1.07. The molecule has 2 rings (SSSR count). The summed E-state index contributed by atoms with van der Waals surface area (Å²) in [4.78, 5) is 12.2. The van der Waals surface area contributed by atoms with Crippen LogP contribution in [0.1, 0.15) is 18.9 Å². The molecule has 0 aliphatic rings. The molecule has 0 fully saturated rings. The molecule has 7 heteroatoms. The Labute approximate surface area is 167 Å². The van der Waals surface area contributed by atoms with Gasteiger partial charge in [0.1, 0.15) is 0 Å². The van der Waals surface area contributed by atoms with E-state index in [9.17, 15) is 9.18 Å². The maximum atomic E-state index is 13.6. The van der Waals surface area contributed by atoms with E-state index in [1.807, 2.05) is 19.1 Å². The van der Waals surface area contributed by atoms with E-state index in [1.165, 1.54) is 12.1 Å². The van der Waals surface area contributed by atoms with E-state index in [0.29, 0.717) is 23.0 Å².